The van der Waals surface area contributed by atoms with Gasteiger partial charge in [0.25, 0.3) is 0 Å². The van der Waals surface area contributed by atoms with Gasteiger partial charge in [0.05, 0.1) is 11.4 Å². The van der Waals surface area contributed by atoms with Crippen LogP contribution in [0.3, 0.4) is 0 Å². The molecule has 0 atom stereocenters. The minimum atomic E-state index is -0.160. The van der Waals surface area contributed by atoms with Crippen LogP contribution in [0.5, 0.6) is 0 Å². The average molecular weight is 217 g/mol. The lowest BCUT2D eigenvalue weighted by molar-refractivity contribution is 0.780. The van der Waals surface area contributed by atoms with Crippen molar-refractivity contribution in [3.05, 3.63) is 40.6 Å². The molecule has 0 saturated heterocycles. The van der Waals surface area contributed by atoms with Crippen LogP contribution in [-0.2, 0) is 6.42 Å². The molecule has 4 nitrogen and oxygen atoms in total. The van der Waals surface area contributed by atoms with Gasteiger partial charge in [0.15, 0.2) is 0 Å². The molecule has 84 valence electrons. The van der Waals surface area contributed by atoms with Crippen LogP contribution in [0, 0.1) is 0 Å². The van der Waals surface area contributed by atoms with E-state index in [4.69, 9.17) is 0 Å². The molecule has 0 aliphatic heterocycles. The number of aryl methyl sites for hydroxylation is 1. The Kier molecular flexibility index (Phi) is 3.19. The highest BCUT2D eigenvalue weighted by atomic mass is 16.1. The Bertz CT molecular complexity index is 498. The molecular formula is C12H15N3O. The van der Waals surface area contributed by atoms with Crippen molar-refractivity contribution in [1.29, 1.82) is 0 Å². The lowest BCUT2D eigenvalue weighted by Gasteiger charge is -2.01. The maximum atomic E-state index is 11.3. The Morgan fingerprint density at radius 3 is 2.88 bits per heavy atom. The lowest BCUT2D eigenvalue weighted by Crippen LogP contribution is -2.01. The first-order valence-electron chi connectivity index (χ1n) is 5.54. The van der Waals surface area contributed by atoms with Crippen molar-refractivity contribution in [2.45, 2.75) is 26.2 Å². The van der Waals surface area contributed by atoms with Crippen molar-refractivity contribution in [2.75, 3.05) is 0 Å². The van der Waals surface area contributed by atoms with Gasteiger partial charge in [-0.2, -0.15) is 0 Å². The normalized spacial score (nSPS) is 10.6. The monoisotopic (exact) mass is 217 g/mol. The summed E-state index contributed by atoms with van der Waals surface area (Å²) in [5.74, 6) is 0. The Hall–Kier alpha value is -1.84. The number of rotatable bonds is 4. The van der Waals surface area contributed by atoms with E-state index >= 15 is 0 Å². The first-order chi connectivity index (χ1) is 7.81. The van der Waals surface area contributed by atoms with Gasteiger partial charge in [-0.15, -0.1) is 0 Å². The van der Waals surface area contributed by atoms with Crippen molar-refractivity contribution in [2.24, 2.45) is 0 Å². The maximum Gasteiger partial charge on any atom is 0.323 e. The van der Waals surface area contributed by atoms with Crippen molar-refractivity contribution in [3.63, 3.8) is 0 Å². The summed E-state index contributed by atoms with van der Waals surface area (Å²) in [6.07, 6.45) is 4.77. The third-order valence-corrected chi connectivity index (χ3v) is 2.51. The molecule has 16 heavy (non-hydrogen) atoms. The molecule has 2 aromatic heterocycles. The van der Waals surface area contributed by atoms with Gasteiger partial charge in [0.2, 0.25) is 0 Å². The number of pyridine rings is 1. The second-order valence-electron chi connectivity index (χ2n) is 3.75. The zero-order chi connectivity index (χ0) is 11.4. The highest BCUT2D eigenvalue weighted by molar-refractivity contribution is 5.56. The van der Waals surface area contributed by atoms with Crippen LogP contribution in [0.15, 0.2) is 29.2 Å². The standard InChI is InChI=1S/C12H15N3O/c1-2-3-6-10-11(15-12(16)14-10)9-7-4-5-8-13-9/h4-5,7-8H,2-3,6H2,1H3,(H2,14,15,16). The second-order valence-corrected chi connectivity index (χ2v) is 3.75. The maximum absolute atomic E-state index is 11.3. The van der Waals surface area contributed by atoms with E-state index in [9.17, 15) is 4.79 Å². The van der Waals surface area contributed by atoms with E-state index in [1.807, 2.05) is 18.2 Å². The summed E-state index contributed by atoms with van der Waals surface area (Å²) in [7, 11) is 0. The van der Waals surface area contributed by atoms with E-state index in [0.717, 1.165) is 36.3 Å². The van der Waals surface area contributed by atoms with E-state index in [0.29, 0.717) is 0 Å². The van der Waals surface area contributed by atoms with Crippen LogP contribution in [0.2, 0.25) is 0 Å². The Balaban J connectivity index is 2.36. The third-order valence-electron chi connectivity index (χ3n) is 2.51. The number of aromatic nitrogens is 3. The number of hydrogen-bond donors (Lipinski definition) is 2. The fourth-order valence-corrected chi connectivity index (χ4v) is 1.69. The molecule has 0 aromatic carbocycles. The molecule has 0 aliphatic rings. The van der Waals surface area contributed by atoms with E-state index in [1.165, 1.54) is 0 Å². The molecule has 0 saturated carbocycles. The molecule has 0 bridgehead atoms. The van der Waals surface area contributed by atoms with Gasteiger partial charge in [-0.1, -0.05) is 19.4 Å². The van der Waals surface area contributed by atoms with Crippen molar-refractivity contribution >= 4 is 0 Å². The summed E-state index contributed by atoms with van der Waals surface area (Å²) >= 11 is 0. The van der Waals surface area contributed by atoms with Crippen LogP contribution in [0.25, 0.3) is 11.4 Å². The summed E-state index contributed by atoms with van der Waals surface area (Å²) < 4.78 is 0. The predicted octanol–water partition coefficient (Wildman–Crippen LogP) is 2.11. The highest BCUT2D eigenvalue weighted by Gasteiger charge is 2.09. The van der Waals surface area contributed by atoms with Gasteiger partial charge in [-0.3, -0.25) is 4.98 Å². The van der Waals surface area contributed by atoms with Gasteiger partial charge in [0.1, 0.15) is 0 Å². The Morgan fingerprint density at radius 2 is 2.19 bits per heavy atom. The molecule has 0 aliphatic carbocycles. The largest absolute Gasteiger partial charge is 0.323 e. The molecule has 4 heteroatoms. The molecule has 0 fully saturated rings. The van der Waals surface area contributed by atoms with Crippen molar-refractivity contribution in [3.8, 4) is 11.4 Å². The number of nitrogens with one attached hydrogen (secondary N) is 2. The number of hydrogen-bond acceptors (Lipinski definition) is 2. The molecule has 0 amide bonds. The average Bonchev–Trinajstić information content (AvgIpc) is 2.69. The lowest BCUT2D eigenvalue weighted by atomic mass is 10.1. The van der Waals surface area contributed by atoms with Gasteiger partial charge in [-0.05, 0) is 25.0 Å². The summed E-state index contributed by atoms with van der Waals surface area (Å²) in [6.45, 7) is 2.13. The molecule has 2 rings (SSSR count). The number of unbranched alkanes of at least 4 members (excludes halogenated alkanes) is 1. The molecule has 2 N–H and O–H groups in total. The molecular weight excluding hydrogens is 202 g/mol. The fourth-order valence-electron chi connectivity index (χ4n) is 1.69. The topological polar surface area (TPSA) is 61.5 Å². The summed E-state index contributed by atoms with van der Waals surface area (Å²) in [5.41, 5.74) is 2.42. The highest BCUT2D eigenvalue weighted by Crippen LogP contribution is 2.17. The van der Waals surface area contributed by atoms with Crippen LogP contribution in [0.1, 0.15) is 25.5 Å². The number of nitrogens with zero attached hydrogens (tertiary/aromatic N) is 1. The summed E-state index contributed by atoms with van der Waals surface area (Å²) in [6, 6.07) is 5.67. The summed E-state index contributed by atoms with van der Waals surface area (Å²) in [5, 5.41) is 0. The van der Waals surface area contributed by atoms with Crippen molar-refractivity contribution < 1.29 is 0 Å². The number of imidazole rings is 1. The SMILES string of the molecule is CCCCc1[nH]c(=O)[nH]c1-c1ccccn1. The predicted molar refractivity (Wildman–Crippen MR) is 63.3 cm³/mol. The van der Waals surface area contributed by atoms with E-state index in [2.05, 4.69) is 21.9 Å². The Morgan fingerprint density at radius 1 is 1.31 bits per heavy atom. The van der Waals surface area contributed by atoms with Crippen LogP contribution >= 0.6 is 0 Å². The fraction of sp³-hybridized carbons (Fsp3) is 0.333. The smallest absolute Gasteiger partial charge is 0.309 e. The van der Waals surface area contributed by atoms with Gasteiger partial charge >= 0.3 is 5.69 Å². The van der Waals surface area contributed by atoms with Crippen molar-refractivity contribution in [1.82, 2.24) is 15.0 Å². The first-order valence-corrected chi connectivity index (χ1v) is 5.54. The molecule has 2 heterocycles. The number of H-pyrrole nitrogens is 2. The molecule has 0 radical (unpaired) electrons. The van der Waals surface area contributed by atoms with Gasteiger partial charge in [0, 0.05) is 11.9 Å². The minimum Gasteiger partial charge on any atom is -0.309 e. The van der Waals surface area contributed by atoms with Crippen LogP contribution in [0.4, 0.5) is 0 Å². The molecule has 0 spiro atoms. The zero-order valence-electron chi connectivity index (χ0n) is 9.29. The van der Waals surface area contributed by atoms with E-state index < -0.39 is 0 Å². The third kappa shape index (κ3) is 2.21. The van der Waals surface area contributed by atoms with E-state index in [1.54, 1.807) is 6.20 Å². The van der Waals surface area contributed by atoms with Crippen LogP contribution in [-0.4, -0.2) is 15.0 Å². The molecule has 2 aromatic rings. The summed E-state index contributed by atoms with van der Waals surface area (Å²) in [4.78, 5) is 21.2. The quantitative estimate of drug-likeness (QED) is 0.823. The number of aromatic amines is 2. The first kappa shape index (κ1) is 10.7. The van der Waals surface area contributed by atoms with E-state index in [-0.39, 0.29) is 5.69 Å². The van der Waals surface area contributed by atoms with Gasteiger partial charge in [-0.25, -0.2) is 4.79 Å². The van der Waals surface area contributed by atoms with Gasteiger partial charge < -0.3 is 9.97 Å². The molecule has 0 unspecified atom stereocenters. The Labute approximate surface area is 93.8 Å². The minimum absolute atomic E-state index is 0.160. The van der Waals surface area contributed by atoms with Crippen LogP contribution < -0.4 is 5.69 Å². The second kappa shape index (κ2) is 4.79. The zero-order valence-corrected chi connectivity index (χ0v) is 9.29.